The highest BCUT2D eigenvalue weighted by molar-refractivity contribution is 7.91. The van der Waals surface area contributed by atoms with Crippen molar-refractivity contribution in [3.8, 4) is 0 Å². The van der Waals surface area contributed by atoms with Crippen LogP contribution >= 0.6 is 0 Å². The van der Waals surface area contributed by atoms with E-state index in [2.05, 4.69) is 12.2 Å². The SMILES string of the molecule is CCCS(=O)(=O)CCC1CC(CC)CCN1. The average Bonchev–Trinajstić information content (AvgIpc) is 2.27. The van der Waals surface area contributed by atoms with Crippen molar-refractivity contribution in [2.45, 2.75) is 52.0 Å². The molecule has 1 fully saturated rings. The molecule has 2 unspecified atom stereocenters. The van der Waals surface area contributed by atoms with Crippen LogP contribution in [0.25, 0.3) is 0 Å². The Balaban J connectivity index is 2.32. The number of piperidine rings is 1. The molecule has 0 aliphatic carbocycles. The van der Waals surface area contributed by atoms with Gasteiger partial charge in [0.2, 0.25) is 0 Å². The van der Waals surface area contributed by atoms with Crippen molar-refractivity contribution in [1.29, 1.82) is 0 Å². The van der Waals surface area contributed by atoms with E-state index in [-0.39, 0.29) is 0 Å². The molecule has 0 aromatic heterocycles. The molecule has 4 heteroatoms. The van der Waals surface area contributed by atoms with E-state index in [1.807, 2.05) is 6.92 Å². The van der Waals surface area contributed by atoms with Gasteiger partial charge in [-0.05, 0) is 38.1 Å². The zero-order valence-electron chi connectivity index (χ0n) is 10.5. The maximum absolute atomic E-state index is 11.6. The summed E-state index contributed by atoms with van der Waals surface area (Å²) in [5, 5.41) is 3.43. The second-order valence-electron chi connectivity index (χ2n) is 4.89. The molecule has 0 aromatic rings. The molecular weight excluding hydrogens is 222 g/mol. The smallest absolute Gasteiger partial charge is 0.150 e. The molecule has 0 saturated carbocycles. The van der Waals surface area contributed by atoms with Crippen molar-refractivity contribution in [1.82, 2.24) is 5.32 Å². The third-order valence-electron chi connectivity index (χ3n) is 3.47. The van der Waals surface area contributed by atoms with Gasteiger partial charge in [0.15, 0.2) is 0 Å². The number of hydrogen-bond acceptors (Lipinski definition) is 3. The van der Waals surface area contributed by atoms with Crippen molar-refractivity contribution in [2.24, 2.45) is 5.92 Å². The molecule has 0 spiro atoms. The summed E-state index contributed by atoms with van der Waals surface area (Å²) in [6.07, 6.45) is 5.14. The Morgan fingerprint density at radius 2 is 2.00 bits per heavy atom. The maximum Gasteiger partial charge on any atom is 0.150 e. The van der Waals surface area contributed by atoms with E-state index in [9.17, 15) is 8.42 Å². The number of hydrogen-bond donors (Lipinski definition) is 1. The van der Waals surface area contributed by atoms with E-state index in [4.69, 9.17) is 0 Å². The van der Waals surface area contributed by atoms with Gasteiger partial charge in [0.1, 0.15) is 9.84 Å². The lowest BCUT2D eigenvalue weighted by molar-refractivity contribution is 0.290. The van der Waals surface area contributed by atoms with Gasteiger partial charge in [-0.1, -0.05) is 20.3 Å². The Bertz CT molecular complexity index is 287. The molecule has 16 heavy (non-hydrogen) atoms. The van der Waals surface area contributed by atoms with E-state index < -0.39 is 9.84 Å². The van der Waals surface area contributed by atoms with Crippen molar-refractivity contribution < 1.29 is 8.42 Å². The van der Waals surface area contributed by atoms with Gasteiger partial charge in [-0.2, -0.15) is 0 Å². The van der Waals surface area contributed by atoms with Crippen LogP contribution in [0.1, 0.15) is 46.0 Å². The Morgan fingerprint density at radius 1 is 1.25 bits per heavy atom. The number of nitrogens with one attached hydrogen (secondary N) is 1. The van der Waals surface area contributed by atoms with Gasteiger partial charge in [0.05, 0.1) is 5.75 Å². The lowest BCUT2D eigenvalue weighted by Gasteiger charge is -2.29. The molecule has 2 atom stereocenters. The topological polar surface area (TPSA) is 46.2 Å². The minimum Gasteiger partial charge on any atom is -0.314 e. The van der Waals surface area contributed by atoms with Crippen LogP contribution in [0.5, 0.6) is 0 Å². The molecule has 1 saturated heterocycles. The summed E-state index contributed by atoms with van der Waals surface area (Å²) in [5.74, 6) is 1.49. The maximum atomic E-state index is 11.6. The highest BCUT2D eigenvalue weighted by atomic mass is 32.2. The zero-order valence-corrected chi connectivity index (χ0v) is 11.4. The van der Waals surface area contributed by atoms with Crippen LogP contribution < -0.4 is 5.32 Å². The van der Waals surface area contributed by atoms with Crippen LogP contribution in [0.4, 0.5) is 0 Å². The summed E-state index contributed by atoms with van der Waals surface area (Å²) in [6, 6.07) is 0.422. The van der Waals surface area contributed by atoms with Crippen molar-refractivity contribution in [2.75, 3.05) is 18.1 Å². The van der Waals surface area contributed by atoms with E-state index >= 15 is 0 Å². The average molecular weight is 247 g/mol. The zero-order chi connectivity index (χ0) is 12.0. The number of rotatable bonds is 6. The summed E-state index contributed by atoms with van der Waals surface area (Å²) in [5.41, 5.74) is 0. The van der Waals surface area contributed by atoms with Crippen LogP contribution in [-0.4, -0.2) is 32.5 Å². The van der Waals surface area contributed by atoms with Gasteiger partial charge in [0, 0.05) is 11.8 Å². The van der Waals surface area contributed by atoms with E-state index in [0.717, 1.165) is 31.7 Å². The lowest BCUT2D eigenvalue weighted by atomic mass is 9.89. The predicted octanol–water partition coefficient (Wildman–Crippen LogP) is 1.98. The largest absolute Gasteiger partial charge is 0.314 e. The molecule has 0 radical (unpaired) electrons. The first-order valence-electron chi connectivity index (χ1n) is 6.51. The Labute approximate surface area is 99.9 Å². The first kappa shape index (κ1) is 14.0. The van der Waals surface area contributed by atoms with E-state index in [1.54, 1.807) is 0 Å². The van der Waals surface area contributed by atoms with E-state index in [1.165, 1.54) is 12.8 Å². The Kier molecular flexibility index (Phi) is 5.76. The fourth-order valence-electron chi connectivity index (χ4n) is 2.42. The van der Waals surface area contributed by atoms with Crippen molar-refractivity contribution in [3.05, 3.63) is 0 Å². The minimum absolute atomic E-state index is 0.344. The van der Waals surface area contributed by atoms with Gasteiger partial charge < -0.3 is 5.32 Å². The fourth-order valence-corrected chi connectivity index (χ4v) is 3.89. The second-order valence-corrected chi connectivity index (χ2v) is 7.19. The predicted molar refractivity (Wildman–Crippen MR) is 68.4 cm³/mol. The molecule has 1 aliphatic rings. The first-order valence-corrected chi connectivity index (χ1v) is 8.33. The van der Waals surface area contributed by atoms with Gasteiger partial charge in [-0.25, -0.2) is 8.42 Å². The van der Waals surface area contributed by atoms with Crippen molar-refractivity contribution >= 4 is 9.84 Å². The molecule has 3 nitrogen and oxygen atoms in total. The lowest BCUT2D eigenvalue weighted by Crippen LogP contribution is -2.39. The third-order valence-corrected chi connectivity index (χ3v) is 5.36. The Morgan fingerprint density at radius 3 is 2.62 bits per heavy atom. The molecule has 96 valence electrons. The van der Waals surface area contributed by atoms with Gasteiger partial charge >= 0.3 is 0 Å². The summed E-state index contributed by atoms with van der Waals surface area (Å²) < 4.78 is 23.2. The molecule has 0 bridgehead atoms. The standard InChI is InChI=1S/C12H25NO2S/c1-3-8-16(14,15)9-6-12-10-11(4-2)5-7-13-12/h11-13H,3-10H2,1-2H3. The highest BCUT2D eigenvalue weighted by Gasteiger charge is 2.21. The first-order chi connectivity index (χ1) is 7.57. The van der Waals surface area contributed by atoms with Crippen LogP contribution in [0.3, 0.4) is 0 Å². The molecule has 1 N–H and O–H groups in total. The van der Waals surface area contributed by atoms with Crippen LogP contribution in [-0.2, 0) is 9.84 Å². The molecule has 0 amide bonds. The normalized spacial score (nSPS) is 26.9. The van der Waals surface area contributed by atoms with Crippen molar-refractivity contribution in [3.63, 3.8) is 0 Å². The van der Waals surface area contributed by atoms with Gasteiger partial charge in [-0.15, -0.1) is 0 Å². The Hall–Kier alpha value is -0.0900. The monoisotopic (exact) mass is 247 g/mol. The number of sulfone groups is 1. The van der Waals surface area contributed by atoms with Gasteiger partial charge in [0.25, 0.3) is 0 Å². The quantitative estimate of drug-likeness (QED) is 0.780. The summed E-state index contributed by atoms with van der Waals surface area (Å²) in [7, 11) is -2.80. The summed E-state index contributed by atoms with van der Waals surface area (Å²) in [6.45, 7) is 5.20. The molecule has 1 rings (SSSR count). The third kappa shape index (κ3) is 4.83. The van der Waals surface area contributed by atoms with Crippen LogP contribution in [0.15, 0.2) is 0 Å². The van der Waals surface area contributed by atoms with Gasteiger partial charge in [-0.3, -0.25) is 0 Å². The second kappa shape index (κ2) is 6.60. The van der Waals surface area contributed by atoms with E-state index in [0.29, 0.717) is 17.5 Å². The fraction of sp³-hybridized carbons (Fsp3) is 1.00. The molecule has 1 aliphatic heterocycles. The van der Waals surface area contributed by atoms with Crippen LogP contribution in [0, 0.1) is 5.92 Å². The minimum atomic E-state index is -2.80. The van der Waals surface area contributed by atoms with Crippen LogP contribution in [0.2, 0.25) is 0 Å². The molecular formula is C12H25NO2S. The summed E-state index contributed by atoms with van der Waals surface area (Å²) in [4.78, 5) is 0. The highest BCUT2D eigenvalue weighted by Crippen LogP contribution is 2.21. The molecule has 1 heterocycles. The molecule has 0 aromatic carbocycles. The summed E-state index contributed by atoms with van der Waals surface area (Å²) >= 11 is 0.